The van der Waals surface area contributed by atoms with Crippen LogP contribution in [0.4, 0.5) is 5.82 Å². The van der Waals surface area contributed by atoms with Crippen LogP contribution in [0.25, 0.3) is 0 Å². The molecular formula is C14H22N4O. The minimum atomic E-state index is -0.111. The molecule has 1 aromatic heterocycles. The van der Waals surface area contributed by atoms with Gasteiger partial charge in [-0.3, -0.25) is 4.79 Å². The van der Waals surface area contributed by atoms with Gasteiger partial charge in [0.1, 0.15) is 0 Å². The zero-order chi connectivity index (χ0) is 13.7. The highest BCUT2D eigenvalue weighted by Crippen LogP contribution is 2.27. The summed E-state index contributed by atoms with van der Waals surface area (Å²) in [6.07, 6.45) is 6.55. The summed E-state index contributed by atoms with van der Waals surface area (Å²) in [6, 6.07) is 3.46. The highest BCUT2D eigenvalue weighted by atomic mass is 16.1. The number of nitrogens with one attached hydrogen (secondary N) is 2. The van der Waals surface area contributed by atoms with E-state index in [4.69, 9.17) is 5.84 Å². The SMILES string of the molecule is CC1CCC(CNC(=O)c2cccnc2NN)CC1. The Morgan fingerprint density at radius 3 is 2.84 bits per heavy atom. The van der Waals surface area contributed by atoms with Crippen LogP contribution in [-0.4, -0.2) is 17.4 Å². The lowest BCUT2D eigenvalue weighted by Gasteiger charge is -2.26. The van der Waals surface area contributed by atoms with Gasteiger partial charge in [0.15, 0.2) is 5.82 Å². The third-order valence-electron chi connectivity index (χ3n) is 3.88. The van der Waals surface area contributed by atoms with E-state index in [0.717, 1.165) is 12.5 Å². The van der Waals surface area contributed by atoms with Crippen LogP contribution in [0.5, 0.6) is 0 Å². The molecule has 0 spiro atoms. The molecule has 1 aromatic rings. The summed E-state index contributed by atoms with van der Waals surface area (Å²) >= 11 is 0. The average molecular weight is 262 g/mol. The van der Waals surface area contributed by atoms with Gasteiger partial charge in [-0.1, -0.05) is 19.8 Å². The van der Waals surface area contributed by atoms with Crippen LogP contribution in [0.3, 0.4) is 0 Å². The molecule has 0 unspecified atom stereocenters. The van der Waals surface area contributed by atoms with Crippen LogP contribution in [0.15, 0.2) is 18.3 Å². The second kappa shape index (κ2) is 6.52. The molecule has 0 aromatic carbocycles. The fourth-order valence-corrected chi connectivity index (χ4v) is 2.57. The van der Waals surface area contributed by atoms with Gasteiger partial charge in [0, 0.05) is 12.7 Å². The van der Waals surface area contributed by atoms with Crippen molar-refractivity contribution in [3.8, 4) is 0 Å². The van der Waals surface area contributed by atoms with Crippen LogP contribution in [0.1, 0.15) is 43.0 Å². The first-order chi connectivity index (χ1) is 9.20. The summed E-state index contributed by atoms with van der Waals surface area (Å²) in [4.78, 5) is 16.1. The number of nitrogens with two attached hydrogens (primary N) is 1. The zero-order valence-electron chi connectivity index (χ0n) is 11.4. The molecule has 1 saturated carbocycles. The first kappa shape index (κ1) is 13.8. The molecule has 1 heterocycles. The van der Waals surface area contributed by atoms with E-state index >= 15 is 0 Å². The molecule has 1 fully saturated rings. The summed E-state index contributed by atoms with van der Waals surface area (Å²) in [6.45, 7) is 3.04. The molecule has 4 N–H and O–H groups in total. The first-order valence-corrected chi connectivity index (χ1v) is 6.90. The second-order valence-corrected chi connectivity index (χ2v) is 5.38. The number of aromatic nitrogens is 1. The molecule has 5 heteroatoms. The Balaban J connectivity index is 1.87. The lowest BCUT2D eigenvalue weighted by atomic mass is 9.83. The smallest absolute Gasteiger partial charge is 0.255 e. The largest absolute Gasteiger partial charge is 0.352 e. The van der Waals surface area contributed by atoms with Gasteiger partial charge in [-0.25, -0.2) is 10.8 Å². The van der Waals surface area contributed by atoms with Gasteiger partial charge >= 0.3 is 0 Å². The van der Waals surface area contributed by atoms with Crippen molar-refractivity contribution in [2.24, 2.45) is 17.7 Å². The van der Waals surface area contributed by atoms with Crippen LogP contribution < -0.4 is 16.6 Å². The van der Waals surface area contributed by atoms with Crippen molar-refractivity contribution in [3.63, 3.8) is 0 Å². The number of amides is 1. The molecule has 1 aliphatic carbocycles. The fraction of sp³-hybridized carbons (Fsp3) is 0.571. The van der Waals surface area contributed by atoms with E-state index < -0.39 is 0 Å². The normalized spacial score (nSPS) is 22.8. The minimum Gasteiger partial charge on any atom is -0.352 e. The minimum absolute atomic E-state index is 0.111. The van der Waals surface area contributed by atoms with Crippen molar-refractivity contribution in [1.82, 2.24) is 10.3 Å². The standard InChI is InChI=1S/C14H22N4O/c1-10-4-6-11(7-5-10)9-17-14(19)12-3-2-8-16-13(12)18-15/h2-3,8,10-11H,4-7,9,15H2,1H3,(H,16,18)(H,17,19). The lowest BCUT2D eigenvalue weighted by molar-refractivity contribution is 0.0942. The number of carbonyl (C=O) groups excluding carboxylic acids is 1. The van der Waals surface area contributed by atoms with Crippen molar-refractivity contribution < 1.29 is 4.79 Å². The van der Waals surface area contributed by atoms with Crippen molar-refractivity contribution in [2.45, 2.75) is 32.6 Å². The molecule has 0 atom stereocenters. The highest BCUT2D eigenvalue weighted by Gasteiger charge is 2.19. The number of nitrogens with zero attached hydrogens (tertiary/aromatic N) is 1. The van der Waals surface area contributed by atoms with Crippen molar-refractivity contribution in [2.75, 3.05) is 12.0 Å². The molecule has 104 valence electrons. The van der Waals surface area contributed by atoms with Gasteiger partial charge in [-0.05, 0) is 36.8 Å². The summed E-state index contributed by atoms with van der Waals surface area (Å²) in [5, 5.41) is 2.98. The predicted octanol–water partition coefficient (Wildman–Crippen LogP) is 1.92. The maximum atomic E-state index is 12.1. The van der Waals surface area contributed by atoms with Gasteiger partial charge in [-0.2, -0.15) is 0 Å². The summed E-state index contributed by atoms with van der Waals surface area (Å²) < 4.78 is 0. The van der Waals surface area contributed by atoms with Crippen molar-refractivity contribution >= 4 is 11.7 Å². The lowest BCUT2D eigenvalue weighted by Crippen LogP contribution is -2.32. The molecule has 19 heavy (non-hydrogen) atoms. The Kier molecular flexibility index (Phi) is 4.74. The number of nitrogen functional groups attached to an aromatic ring is 1. The summed E-state index contributed by atoms with van der Waals surface area (Å²) in [7, 11) is 0. The molecule has 0 aliphatic heterocycles. The Hall–Kier alpha value is -1.62. The van der Waals surface area contributed by atoms with Gasteiger partial charge in [-0.15, -0.1) is 0 Å². The van der Waals surface area contributed by atoms with Gasteiger partial charge < -0.3 is 10.7 Å². The summed E-state index contributed by atoms with van der Waals surface area (Å²) in [5.74, 6) is 7.09. The van der Waals surface area contributed by atoms with E-state index in [1.807, 2.05) is 0 Å². The number of hydrazine groups is 1. The number of hydrogen-bond acceptors (Lipinski definition) is 4. The Morgan fingerprint density at radius 1 is 1.42 bits per heavy atom. The van der Waals surface area contributed by atoms with E-state index in [1.165, 1.54) is 25.7 Å². The molecule has 2 rings (SSSR count). The molecule has 5 nitrogen and oxygen atoms in total. The molecule has 0 bridgehead atoms. The van der Waals surface area contributed by atoms with Gasteiger partial charge in [0.25, 0.3) is 5.91 Å². The van der Waals surface area contributed by atoms with E-state index in [1.54, 1.807) is 18.3 Å². The molecule has 0 saturated heterocycles. The molecular weight excluding hydrogens is 240 g/mol. The Labute approximate surface area is 114 Å². The highest BCUT2D eigenvalue weighted by molar-refractivity contribution is 5.98. The third-order valence-corrected chi connectivity index (χ3v) is 3.88. The Morgan fingerprint density at radius 2 is 2.16 bits per heavy atom. The Bertz CT molecular complexity index is 427. The van der Waals surface area contributed by atoms with Crippen LogP contribution in [-0.2, 0) is 0 Å². The number of anilines is 1. The quantitative estimate of drug-likeness (QED) is 0.572. The van der Waals surface area contributed by atoms with Crippen LogP contribution >= 0.6 is 0 Å². The molecule has 0 radical (unpaired) electrons. The van der Waals surface area contributed by atoms with E-state index in [2.05, 4.69) is 22.7 Å². The second-order valence-electron chi connectivity index (χ2n) is 5.38. The van der Waals surface area contributed by atoms with Crippen molar-refractivity contribution in [1.29, 1.82) is 0 Å². The van der Waals surface area contributed by atoms with E-state index in [9.17, 15) is 4.79 Å². The van der Waals surface area contributed by atoms with Crippen LogP contribution in [0, 0.1) is 11.8 Å². The van der Waals surface area contributed by atoms with Crippen LogP contribution in [0.2, 0.25) is 0 Å². The maximum Gasteiger partial charge on any atom is 0.255 e. The molecule has 1 amide bonds. The maximum absolute atomic E-state index is 12.1. The number of carbonyl (C=O) groups is 1. The number of rotatable bonds is 4. The molecule has 1 aliphatic rings. The van der Waals surface area contributed by atoms with E-state index in [0.29, 0.717) is 17.3 Å². The number of hydrogen-bond donors (Lipinski definition) is 3. The number of pyridine rings is 1. The zero-order valence-corrected chi connectivity index (χ0v) is 11.4. The summed E-state index contributed by atoms with van der Waals surface area (Å²) in [5.41, 5.74) is 2.94. The first-order valence-electron chi connectivity index (χ1n) is 6.90. The predicted molar refractivity (Wildman–Crippen MR) is 75.5 cm³/mol. The monoisotopic (exact) mass is 262 g/mol. The fourth-order valence-electron chi connectivity index (χ4n) is 2.57. The topological polar surface area (TPSA) is 80.0 Å². The third kappa shape index (κ3) is 3.67. The van der Waals surface area contributed by atoms with Gasteiger partial charge in [0.05, 0.1) is 5.56 Å². The van der Waals surface area contributed by atoms with Crippen molar-refractivity contribution in [3.05, 3.63) is 23.9 Å². The van der Waals surface area contributed by atoms with Gasteiger partial charge in [0.2, 0.25) is 0 Å². The van der Waals surface area contributed by atoms with E-state index in [-0.39, 0.29) is 5.91 Å². The average Bonchev–Trinajstić information content (AvgIpc) is 2.46.